The van der Waals surface area contributed by atoms with E-state index in [-0.39, 0.29) is 5.43 Å². The van der Waals surface area contributed by atoms with Gasteiger partial charge in [-0.15, -0.1) is 0 Å². The highest BCUT2D eigenvalue weighted by Crippen LogP contribution is 2.30. The summed E-state index contributed by atoms with van der Waals surface area (Å²) in [5.74, 6) is 0.343. The van der Waals surface area contributed by atoms with Gasteiger partial charge < -0.3 is 9.82 Å². The first kappa shape index (κ1) is 20.8. The van der Waals surface area contributed by atoms with Gasteiger partial charge in [0.25, 0.3) is 0 Å². The molecular formula is C18H23F3N2O2. The summed E-state index contributed by atoms with van der Waals surface area (Å²) in [6, 6.07) is 4.43. The normalized spacial score (nSPS) is 10.9. The summed E-state index contributed by atoms with van der Waals surface area (Å²) in [7, 11) is 1.53. The minimum Gasteiger partial charge on any atom is -0.409 e. The minimum absolute atomic E-state index is 0.200. The Morgan fingerprint density at radius 2 is 1.64 bits per heavy atom. The molecule has 2 rings (SSSR count). The SMILES string of the molecule is CCc1c(C)[nH]c(C)c(C)c1=O.CNOc1ccc(C(F)(F)F)cc1. The Labute approximate surface area is 145 Å². The molecule has 2 aromatic rings. The number of aryl methyl sites for hydroxylation is 2. The van der Waals surface area contributed by atoms with Crippen LogP contribution in [0.5, 0.6) is 5.75 Å². The van der Waals surface area contributed by atoms with Crippen LogP contribution in [0.1, 0.15) is 35.0 Å². The van der Waals surface area contributed by atoms with Gasteiger partial charge in [0.1, 0.15) is 5.75 Å². The lowest BCUT2D eigenvalue weighted by Gasteiger charge is -2.07. The molecule has 1 aromatic carbocycles. The molecule has 0 aliphatic rings. The van der Waals surface area contributed by atoms with Gasteiger partial charge in [-0.05, 0) is 51.5 Å². The maximum Gasteiger partial charge on any atom is 0.416 e. The molecule has 1 heterocycles. The molecule has 4 nitrogen and oxygen atoms in total. The number of nitrogens with one attached hydrogen (secondary N) is 2. The Bertz CT molecular complexity index is 751. The standard InChI is InChI=1S/C10H15NO.C8H8F3NO/c1-5-9-8(4)11-7(3)6(2)10(9)12;1-12-13-7-4-2-6(3-5-7)8(9,10)11/h5H2,1-4H3,(H,11,12);2-5,12H,1H3. The summed E-state index contributed by atoms with van der Waals surface area (Å²) in [6.45, 7) is 7.76. The summed E-state index contributed by atoms with van der Waals surface area (Å²) in [5, 5.41) is 0. The highest BCUT2D eigenvalue weighted by atomic mass is 19.4. The van der Waals surface area contributed by atoms with Crippen LogP contribution in [-0.4, -0.2) is 12.0 Å². The molecule has 138 valence electrons. The molecule has 0 radical (unpaired) electrons. The minimum atomic E-state index is -4.29. The topological polar surface area (TPSA) is 54.1 Å². The van der Waals surface area contributed by atoms with Crippen LogP contribution in [0.3, 0.4) is 0 Å². The molecule has 0 spiro atoms. The van der Waals surface area contributed by atoms with Crippen LogP contribution in [0, 0.1) is 20.8 Å². The van der Waals surface area contributed by atoms with Crippen LogP contribution in [0.25, 0.3) is 0 Å². The molecule has 1 aromatic heterocycles. The lowest BCUT2D eigenvalue weighted by molar-refractivity contribution is -0.137. The second-order valence-electron chi connectivity index (χ2n) is 5.49. The number of aromatic nitrogens is 1. The fraction of sp³-hybridized carbons (Fsp3) is 0.389. The van der Waals surface area contributed by atoms with E-state index in [0.29, 0.717) is 5.75 Å². The quantitative estimate of drug-likeness (QED) is 0.815. The van der Waals surface area contributed by atoms with Gasteiger partial charge in [0.15, 0.2) is 5.43 Å². The van der Waals surface area contributed by atoms with Crippen LogP contribution in [0.15, 0.2) is 29.1 Å². The van der Waals surface area contributed by atoms with Crippen molar-refractivity contribution in [3.05, 3.63) is 62.6 Å². The molecule has 0 fully saturated rings. The number of alkyl halides is 3. The van der Waals surface area contributed by atoms with Crippen LogP contribution in [-0.2, 0) is 12.6 Å². The van der Waals surface area contributed by atoms with Crippen LogP contribution < -0.4 is 15.7 Å². The molecule has 0 amide bonds. The number of pyridine rings is 1. The number of benzene rings is 1. The molecule has 25 heavy (non-hydrogen) atoms. The predicted molar refractivity (Wildman–Crippen MR) is 91.8 cm³/mol. The first-order chi connectivity index (χ1) is 11.6. The lowest BCUT2D eigenvalue weighted by Crippen LogP contribution is -2.16. The molecule has 0 atom stereocenters. The van der Waals surface area contributed by atoms with Crippen molar-refractivity contribution in [2.45, 2.75) is 40.3 Å². The van der Waals surface area contributed by atoms with E-state index in [1.54, 1.807) is 0 Å². The van der Waals surface area contributed by atoms with Gasteiger partial charge >= 0.3 is 6.18 Å². The molecule has 0 unspecified atom stereocenters. The Kier molecular flexibility index (Phi) is 7.23. The van der Waals surface area contributed by atoms with Crippen molar-refractivity contribution >= 4 is 0 Å². The first-order valence-corrected chi connectivity index (χ1v) is 7.81. The lowest BCUT2D eigenvalue weighted by atomic mass is 10.1. The number of hydroxylamine groups is 1. The van der Waals surface area contributed by atoms with Gasteiger partial charge in [-0.2, -0.15) is 18.7 Å². The van der Waals surface area contributed by atoms with Crippen LogP contribution in [0.4, 0.5) is 13.2 Å². The number of H-pyrrole nitrogens is 1. The second kappa shape index (κ2) is 8.71. The number of halogens is 3. The fourth-order valence-electron chi connectivity index (χ4n) is 2.27. The summed E-state index contributed by atoms with van der Waals surface area (Å²) < 4.78 is 36.1. The van der Waals surface area contributed by atoms with E-state index in [1.807, 2.05) is 27.7 Å². The fourth-order valence-corrected chi connectivity index (χ4v) is 2.27. The van der Waals surface area contributed by atoms with Gasteiger partial charge in [0.2, 0.25) is 0 Å². The number of aromatic amines is 1. The van der Waals surface area contributed by atoms with Crippen molar-refractivity contribution < 1.29 is 18.0 Å². The van der Waals surface area contributed by atoms with Crippen molar-refractivity contribution in [3.63, 3.8) is 0 Å². The van der Waals surface area contributed by atoms with Crippen molar-refractivity contribution in [1.82, 2.24) is 10.5 Å². The summed E-state index contributed by atoms with van der Waals surface area (Å²) >= 11 is 0. The Balaban J connectivity index is 0.000000251. The maximum atomic E-state index is 12.0. The van der Waals surface area contributed by atoms with Crippen LogP contribution in [0.2, 0.25) is 0 Å². The number of rotatable bonds is 3. The van der Waals surface area contributed by atoms with Gasteiger partial charge in [-0.3, -0.25) is 4.79 Å². The molecular weight excluding hydrogens is 333 g/mol. The van der Waals surface area contributed by atoms with Gasteiger partial charge in [0.05, 0.1) is 5.56 Å². The number of hydrogen-bond acceptors (Lipinski definition) is 3. The number of hydrogen-bond donors (Lipinski definition) is 2. The van der Waals surface area contributed by atoms with Gasteiger partial charge in [0, 0.05) is 29.6 Å². The summed E-state index contributed by atoms with van der Waals surface area (Å²) in [5.41, 5.74) is 5.62. The van der Waals surface area contributed by atoms with E-state index in [4.69, 9.17) is 4.84 Å². The summed E-state index contributed by atoms with van der Waals surface area (Å²) in [4.78, 5) is 19.6. The van der Waals surface area contributed by atoms with Gasteiger partial charge in [-0.1, -0.05) is 6.92 Å². The monoisotopic (exact) mass is 356 g/mol. The van der Waals surface area contributed by atoms with E-state index in [2.05, 4.69) is 10.5 Å². The van der Waals surface area contributed by atoms with Crippen LogP contribution >= 0.6 is 0 Å². The third-order valence-corrected chi connectivity index (χ3v) is 3.76. The highest BCUT2D eigenvalue weighted by Gasteiger charge is 2.29. The molecule has 0 saturated carbocycles. The molecule has 2 N–H and O–H groups in total. The predicted octanol–water partition coefficient (Wildman–Crippen LogP) is 4.08. The second-order valence-corrected chi connectivity index (χ2v) is 5.49. The zero-order chi connectivity index (χ0) is 19.2. The smallest absolute Gasteiger partial charge is 0.409 e. The van der Waals surface area contributed by atoms with E-state index in [0.717, 1.165) is 41.1 Å². The van der Waals surface area contributed by atoms with Crippen molar-refractivity contribution in [2.75, 3.05) is 7.05 Å². The average molecular weight is 356 g/mol. The third-order valence-electron chi connectivity index (χ3n) is 3.76. The average Bonchev–Trinajstić information content (AvgIpc) is 2.54. The van der Waals surface area contributed by atoms with Crippen molar-refractivity contribution in [2.24, 2.45) is 0 Å². The Morgan fingerprint density at radius 1 is 1.08 bits per heavy atom. The Hall–Kier alpha value is -2.28. The highest BCUT2D eigenvalue weighted by molar-refractivity contribution is 5.29. The van der Waals surface area contributed by atoms with E-state index in [1.165, 1.54) is 19.2 Å². The third kappa shape index (κ3) is 5.63. The molecule has 0 aliphatic carbocycles. The van der Waals surface area contributed by atoms with Crippen molar-refractivity contribution in [3.8, 4) is 5.75 Å². The van der Waals surface area contributed by atoms with Crippen molar-refractivity contribution in [1.29, 1.82) is 0 Å². The molecule has 0 bridgehead atoms. The summed E-state index contributed by atoms with van der Waals surface area (Å²) in [6.07, 6.45) is -3.49. The first-order valence-electron chi connectivity index (χ1n) is 7.81. The zero-order valence-corrected chi connectivity index (χ0v) is 15.0. The molecule has 0 saturated heterocycles. The zero-order valence-electron chi connectivity index (χ0n) is 15.0. The largest absolute Gasteiger partial charge is 0.416 e. The Morgan fingerprint density at radius 3 is 2.08 bits per heavy atom. The van der Waals surface area contributed by atoms with E-state index in [9.17, 15) is 18.0 Å². The maximum absolute atomic E-state index is 12.0. The molecule has 0 aliphatic heterocycles. The molecule has 7 heteroatoms. The van der Waals surface area contributed by atoms with E-state index < -0.39 is 11.7 Å². The van der Waals surface area contributed by atoms with Gasteiger partial charge in [-0.25, -0.2) is 0 Å². The van der Waals surface area contributed by atoms with E-state index >= 15 is 0 Å².